The van der Waals surface area contributed by atoms with Gasteiger partial charge in [0.05, 0.1) is 33.1 Å². The Kier molecular flexibility index (Phi) is 7.08. The van der Waals surface area contributed by atoms with E-state index in [0.717, 1.165) is 11.8 Å². The van der Waals surface area contributed by atoms with Gasteiger partial charge in [-0.25, -0.2) is 4.98 Å². The van der Waals surface area contributed by atoms with Crippen molar-refractivity contribution in [2.24, 2.45) is 0 Å². The van der Waals surface area contributed by atoms with Crippen LogP contribution in [0.3, 0.4) is 0 Å². The van der Waals surface area contributed by atoms with E-state index in [2.05, 4.69) is 15.0 Å². The molecule has 7 nitrogen and oxygen atoms in total. The summed E-state index contributed by atoms with van der Waals surface area (Å²) in [6.45, 7) is -1.32. The number of hydrogen-bond acceptors (Lipinski definition) is 6. The molecule has 4 aromatic rings. The fourth-order valence-corrected chi connectivity index (χ4v) is 4.26. The average molecular weight is 493 g/mol. The lowest BCUT2D eigenvalue weighted by Gasteiger charge is -2.17. The zero-order chi connectivity index (χ0) is 24.9. The minimum atomic E-state index is -2.97. The van der Waals surface area contributed by atoms with Crippen LogP contribution in [0.1, 0.15) is 12.5 Å². The van der Waals surface area contributed by atoms with Crippen molar-refractivity contribution in [3.8, 4) is 17.5 Å². The largest absolute Gasteiger partial charge is 0.435 e. The first-order valence-corrected chi connectivity index (χ1v) is 11.3. The number of benzene rings is 3. The van der Waals surface area contributed by atoms with E-state index in [4.69, 9.17) is 0 Å². The number of carbonyl (C=O) groups is 1. The zero-order valence-electron chi connectivity index (χ0n) is 18.3. The SMILES string of the molecule is CC(Sc1nc2ccccc2c(=O)n1-c1ccc(OC(F)F)cc1)C(=O)Nc1ccccc1C#N. The number of ether oxygens (including phenoxy) is 1. The van der Waals surface area contributed by atoms with E-state index < -0.39 is 11.9 Å². The second-order valence-corrected chi connectivity index (χ2v) is 8.64. The number of thioether (sulfide) groups is 1. The third-order valence-corrected chi connectivity index (χ3v) is 6.07. The molecule has 0 fully saturated rings. The van der Waals surface area contributed by atoms with Crippen LogP contribution in [0, 0.1) is 11.3 Å². The molecule has 4 rings (SSSR count). The normalized spacial score (nSPS) is 11.7. The lowest BCUT2D eigenvalue weighted by Crippen LogP contribution is -2.26. The number of para-hydroxylation sites is 2. The molecule has 0 aliphatic carbocycles. The van der Waals surface area contributed by atoms with Gasteiger partial charge in [0.2, 0.25) is 5.91 Å². The first kappa shape index (κ1) is 23.9. The van der Waals surface area contributed by atoms with Crippen molar-refractivity contribution in [1.29, 1.82) is 5.26 Å². The van der Waals surface area contributed by atoms with Crippen LogP contribution in [0.5, 0.6) is 5.75 Å². The summed E-state index contributed by atoms with van der Waals surface area (Å²) in [7, 11) is 0. The summed E-state index contributed by atoms with van der Waals surface area (Å²) in [4.78, 5) is 30.8. The van der Waals surface area contributed by atoms with E-state index in [1.54, 1.807) is 55.5 Å². The monoisotopic (exact) mass is 492 g/mol. The summed E-state index contributed by atoms with van der Waals surface area (Å²) in [6, 6.07) is 21.0. The number of nitriles is 1. The predicted octanol–water partition coefficient (Wildman–Crippen LogP) is 4.98. The Morgan fingerprint density at radius 2 is 1.77 bits per heavy atom. The van der Waals surface area contributed by atoms with Gasteiger partial charge in [0.1, 0.15) is 11.8 Å². The molecule has 1 amide bonds. The number of anilines is 1. The van der Waals surface area contributed by atoms with Crippen LogP contribution < -0.4 is 15.6 Å². The van der Waals surface area contributed by atoms with Crippen LogP contribution in [0.15, 0.2) is 82.7 Å². The van der Waals surface area contributed by atoms with Crippen molar-refractivity contribution in [1.82, 2.24) is 9.55 Å². The van der Waals surface area contributed by atoms with E-state index in [1.807, 2.05) is 6.07 Å². The van der Waals surface area contributed by atoms with Gasteiger partial charge in [0, 0.05) is 0 Å². The molecule has 176 valence electrons. The summed E-state index contributed by atoms with van der Waals surface area (Å²) in [5.41, 5.74) is 1.16. The van der Waals surface area contributed by atoms with Crippen molar-refractivity contribution in [2.75, 3.05) is 5.32 Å². The topological polar surface area (TPSA) is 97.0 Å². The number of fused-ring (bicyclic) bond motifs is 1. The molecule has 10 heteroatoms. The van der Waals surface area contributed by atoms with Crippen LogP contribution >= 0.6 is 11.8 Å². The van der Waals surface area contributed by atoms with Gasteiger partial charge in [-0.1, -0.05) is 36.0 Å². The second-order valence-electron chi connectivity index (χ2n) is 7.33. The number of amides is 1. The summed E-state index contributed by atoms with van der Waals surface area (Å²) in [6.07, 6.45) is 0. The van der Waals surface area contributed by atoms with Gasteiger partial charge in [-0.15, -0.1) is 0 Å². The Balaban J connectivity index is 1.70. The summed E-state index contributed by atoms with van der Waals surface area (Å²) in [5.74, 6) is -0.434. The van der Waals surface area contributed by atoms with Crippen molar-refractivity contribution >= 4 is 34.3 Å². The maximum atomic E-state index is 13.4. The molecule has 1 unspecified atom stereocenters. The number of nitrogens with zero attached hydrogens (tertiary/aromatic N) is 3. The molecule has 35 heavy (non-hydrogen) atoms. The first-order valence-electron chi connectivity index (χ1n) is 10.4. The Labute approximate surface area is 203 Å². The fourth-order valence-electron chi connectivity index (χ4n) is 3.33. The highest BCUT2D eigenvalue weighted by molar-refractivity contribution is 8.00. The minimum Gasteiger partial charge on any atom is -0.435 e. The number of aromatic nitrogens is 2. The summed E-state index contributed by atoms with van der Waals surface area (Å²) in [5, 5.41) is 11.9. The van der Waals surface area contributed by atoms with Gasteiger partial charge in [-0.3, -0.25) is 14.2 Å². The Bertz CT molecular complexity index is 1480. The van der Waals surface area contributed by atoms with Gasteiger partial charge >= 0.3 is 6.61 Å². The lowest BCUT2D eigenvalue weighted by molar-refractivity contribution is -0.115. The molecule has 0 spiro atoms. The molecule has 0 saturated carbocycles. The molecule has 1 aromatic heterocycles. The number of rotatable bonds is 7. The molecule has 0 bridgehead atoms. The highest BCUT2D eigenvalue weighted by atomic mass is 32.2. The maximum absolute atomic E-state index is 13.4. The Hall–Kier alpha value is -4.23. The second kappa shape index (κ2) is 10.4. The molecule has 3 aromatic carbocycles. The number of halogens is 2. The van der Waals surface area contributed by atoms with Gasteiger partial charge in [-0.05, 0) is 55.5 Å². The fraction of sp³-hybridized carbons (Fsp3) is 0.120. The quantitative estimate of drug-likeness (QED) is 0.289. The molecule has 0 saturated heterocycles. The van der Waals surface area contributed by atoms with Crippen LogP contribution in [0.4, 0.5) is 14.5 Å². The molecule has 0 aliphatic rings. The number of hydrogen-bond donors (Lipinski definition) is 1. The zero-order valence-corrected chi connectivity index (χ0v) is 19.1. The molecule has 1 N–H and O–H groups in total. The highest BCUT2D eigenvalue weighted by Crippen LogP contribution is 2.27. The predicted molar refractivity (Wildman–Crippen MR) is 129 cm³/mol. The van der Waals surface area contributed by atoms with Gasteiger partial charge in [-0.2, -0.15) is 14.0 Å². The number of carbonyl (C=O) groups excluding carboxylic acids is 1. The Morgan fingerprint density at radius 3 is 2.49 bits per heavy atom. The van der Waals surface area contributed by atoms with E-state index >= 15 is 0 Å². The van der Waals surface area contributed by atoms with E-state index in [9.17, 15) is 23.6 Å². The van der Waals surface area contributed by atoms with Crippen LogP contribution in [-0.4, -0.2) is 27.3 Å². The third kappa shape index (κ3) is 5.31. The lowest BCUT2D eigenvalue weighted by atomic mass is 10.2. The number of alkyl halides is 2. The number of nitrogens with one attached hydrogen (secondary N) is 1. The van der Waals surface area contributed by atoms with E-state index in [1.165, 1.54) is 28.8 Å². The van der Waals surface area contributed by atoms with Crippen molar-refractivity contribution in [3.05, 3.63) is 88.7 Å². The molecular weight excluding hydrogens is 474 g/mol. The van der Waals surface area contributed by atoms with E-state index in [-0.39, 0.29) is 22.4 Å². The van der Waals surface area contributed by atoms with Gasteiger partial charge in [0.25, 0.3) is 5.56 Å². The van der Waals surface area contributed by atoms with Crippen LogP contribution in [0.25, 0.3) is 16.6 Å². The third-order valence-electron chi connectivity index (χ3n) is 5.02. The van der Waals surface area contributed by atoms with Gasteiger partial charge in [0.15, 0.2) is 5.16 Å². The minimum absolute atomic E-state index is 0.0522. The molecule has 0 radical (unpaired) electrons. The average Bonchev–Trinajstić information content (AvgIpc) is 2.85. The van der Waals surface area contributed by atoms with E-state index in [0.29, 0.717) is 27.8 Å². The maximum Gasteiger partial charge on any atom is 0.387 e. The molecule has 1 atom stereocenters. The summed E-state index contributed by atoms with van der Waals surface area (Å²) >= 11 is 1.06. The smallest absolute Gasteiger partial charge is 0.387 e. The Morgan fingerprint density at radius 1 is 1.09 bits per heavy atom. The highest BCUT2D eigenvalue weighted by Gasteiger charge is 2.21. The van der Waals surface area contributed by atoms with Crippen molar-refractivity contribution < 1.29 is 18.3 Å². The molecule has 0 aliphatic heterocycles. The standard InChI is InChI=1S/C25H18F2N4O3S/c1-15(22(32)29-20-8-4-2-6-16(20)14-28)35-25-30-21-9-5-3-7-19(21)23(33)31(25)17-10-12-18(13-11-17)34-24(26)27/h2-13,15,24H,1H3,(H,29,32). The van der Waals surface area contributed by atoms with Crippen molar-refractivity contribution in [2.45, 2.75) is 23.9 Å². The molecule has 1 heterocycles. The van der Waals surface area contributed by atoms with Crippen LogP contribution in [0.2, 0.25) is 0 Å². The first-order chi connectivity index (χ1) is 16.9. The van der Waals surface area contributed by atoms with Gasteiger partial charge < -0.3 is 10.1 Å². The molecular formula is C25H18F2N4O3S. The van der Waals surface area contributed by atoms with Crippen molar-refractivity contribution in [3.63, 3.8) is 0 Å². The summed E-state index contributed by atoms with van der Waals surface area (Å²) < 4.78 is 30.8. The van der Waals surface area contributed by atoms with Crippen LogP contribution in [-0.2, 0) is 4.79 Å².